The molecule has 1 aromatic heterocycles. The molecule has 0 atom stereocenters. The number of rotatable bonds is 4. The fourth-order valence-corrected chi connectivity index (χ4v) is 1.00. The van der Waals surface area contributed by atoms with E-state index in [9.17, 15) is 13.6 Å². The van der Waals surface area contributed by atoms with Crippen LogP contribution < -0.4 is 9.47 Å². The number of halogens is 2. The van der Waals surface area contributed by atoms with Crippen molar-refractivity contribution in [3.05, 3.63) is 17.7 Å². The van der Waals surface area contributed by atoms with Crippen LogP contribution in [-0.4, -0.2) is 31.8 Å². The molecule has 0 aromatic carbocycles. The van der Waals surface area contributed by atoms with Gasteiger partial charge in [-0.15, -0.1) is 0 Å². The van der Waals surface area contributed by atoms with Crippen LogP contribution in [0.2, 0.25) is 0 Å². The van der Waals surface area contributed by atoms with Gasteiger partial charge in [-0.05, 0) is 6.07 Å². The van der Waals surface area contributed by atoms with Gasteiger partial charge < -0.3 is 14.2 Å². The van der Waals surface area contributed by atoms with E-state index >= 15 is 0 Å². The number of carbonyl (C=O) groups excluding carboxylic acids is 1. The fourth-order valence-electron chi connectivity index (χ4n) is 1.00. The van der Waals surface area contributed by atoms with Crippen LogP contribution in [0.5, 0.6) is 11.8 Å². The monoisotopic (exact) mass is 233 g/mol. The highest BCUT2D eigenvalue weighted by Crippen LogP contribution is 2.21. The van der Waals surface area contributed by atoms with E-state index in [0.29, 0.717) is 0 Å². The number of hydrogen-bond donors (Lipinski definition) is 0. The highest BCUT2D eigenvalue weighted by Gasteiger charge is 2.16. The van der Waals surface area contributed by atoms with E-state index in [0.717, 1.165) is 6.07 Å². The third-order valence-electron chi connectivity index (χ3n) is 1.64. The second kappa shape index (κ2) is 5.24. The van der Waals surface area contributed by atoms with Crippen molar-refractivity contribution in [2.24, 2.45) is 0 Å². The number of nitrogens with zero attached hydrogens (tertiary/aromatic N) is 1. The molecule has 0 aliphatic heterocycles. The lowest BCUT2D eigenvalue weighted by molar-refractivity contribution is -0.0530. The fraction of sp³-hybridized carbons (Fsp3) is 0.333. The molecule has 0 saturated carbocycles. The van der Waals surface area contributed by atoms with Crippen molar-refractivity contribution < 1.29 is 27.8 Å². The Morgan fingerprint density at radius 1 is 1.38 bits per heavy atom. The third-order valence-corrected chi connectivity index (χ3v) is 1.64. The van der Waals surface area contributed by atoms with Gasteiger partial charge >= 0.3 is 12.6 Å². The van der Waals surface area contributed by atoms with E-state index in [1.54, 1.807) is 0 Å². The van der Waals surface area contributed by atoms with Crippen LogP contribution in [0.25, 0.3) is 0 Å². The van der Waals surface area contributed by atoms with E-state index in [1.165, 1.54) is 20.3 Å². The Labute approximate surface area is 89.9 Å². The van der Waals surface area contributed by atoms with E-state index in [1.807, 2.05) is 0 Å². The lowest BCUT2D eigenvalue weighted by Crippen LogP contribution is -2.08. The Hall–Kier alpha value is -1.92. The quantitative estimate of drug-likeness (QED) is 0.737. The largest absolute Gasteiger partial charge is 0.480 e. The summed E-state index contributed by atoms with van der Waals surface area (Å²) in [4.78, 5) is 14.8. The molecule has 5 nitrogen and oxygen atoms in total. The maximum Gasteiger partial charge on any atom is 0.388 e. The summed E-state index contributed by atoms with van der Waals surface area (Å²) < 4.78 is 37.0. The molecule has 1 heterocycles. The van der Waals surface area contributed by atoms with Crippen LogP contribution in [0.15, 0.2) is 12.1 Å². The Balaban J connectivity index is 3.01. The zero-order valence-electron chi connectivity index (χ0n) is 8.57. The summed E-state index contributed by atoms with van der Waals surface area (Å²) in [6.45, 7) is -2.99. The van der Waals surface area contributed by atoms with E-state index in [-0.39, 0.29) is 17.3 Å². The van der Waals surface area contributed by atoms with Crippen LogP contribution in [-0.2, 0) is 4.74 Å². The summed E-state index contributed by atoms with van der Waals surface area (Å²) in [7, 11) is 2.44. The van der Waals surface area contributed by atoms with E-state index in [2.05, 4.69) is 14.5 Å². The van der Waals surface area contributed by atoms with Crippen LogP contribution in [0, 0.1) is 0 Å². The molecule has 0 N–H and O–H groups in total. The molecule has 88 valence electrons. The van der Waals surface area contributed by atoms with Gasteiger partial charge in [0, 0.05) is 6.07 Å². The van der Waals surface area contributed by atoms with Gasteiger partial charge in [-0.25, -0.2) is 4.79 Å². The van der Waals surface area contributed by atoms with Crippen LogP contribution in [0.3, 0.4) is 0 Å². The minimum Gasteiger partial charge on any atom is -0.480 e. The minimum atomic E-state index is -2.99. The minimum absolute atomic E-state index is 0.0339. The number of ether oxygens (including phenoxy) is 3. The van der Waals surface area contributed by atoms with Crippen molar-refractivity contribution in [3.8, 4) is 11.8 Å². The molecule has 0 unspecified atom stereocenters. The molecule has 0 bridgehead atoms. The van der Waals surface area contributed by atoms with Gasteiger partial charge in [0.1, 0.15) is 5.56 Å². The number of carbonyl (C=O) groups is 1. The Morgan fingerprint density at radius 2 is 2.06 bits per heavy atom. The van der Waals surface area contributed by atoms with E-state index < -0.39 is 12.6 Å². The summed E-state index contributed by atoms with van der Waals surface area (Å²) in [5.74, 6) is -1.14. The maximum absolute atomic E-state index is 11.9. The molecular formula is C9H9F2NO4. The topological polar surface area (TPSA) is 57.7 Å². The number of esters is 1. The first-order valence-electron chi connectivity index (χ1n) is 4.16. The molecule has 0 radical (unpaired) electrons. The molecule has 0 aliphatic carbocycles. The predicted octanol–water partition coefficient (Wildman–Crippen LogP) is 1.48. The summed E-state index contributed by atoms with van der Waals surface area (Å²) in [5.41, 5.74) is 0.0339. The Kier molecular flexibility index (Phi) is 3.98. The zero-order valence-corrected chi connectivity index (χ0v) is 8.57. The van der Waals surface area contributed by atoms with E-state index in [4.69, 9.17) is 4.74 Å². The second-order valence-corrected chi connectivity index (χ2v) is 2.58. The summed E-state index contributed by atoms with van der Waals surface area (Å²) >= 11 is 0. The van der Waals surface area contributed by atoms with Crippen LogP contribution in [0.1, 0.15) is 10.4 Å². The average Bonchev–Trinajstić information content (AvgIpc) is 2.27. The molecule has 0 saturated heterocycles. The Bertz CT molecular complexity index is 384. The number of methoxy groups -OCH3 is 2. The van der Waals surface area contributed by atoms with Crippen molar-refractivity contribution in [3.63, 3.8) is 0 Å². The van der Waals surface area contributed by atoms with Crippen molar-refractivity contribution in [1.29, 1.82) is 0 Å². The first kappa shape index (κ1) is 12.2. The molecule has 1 rings (SSSR count). The molecule has 16 heavy (non-hydrogen) atoms. The molecule has 7 heteroatoms. The van der Waals surface area contributed by atoms with Gasteiger partial charge in [-0.2, -0.15) is 13.8 Å². The van der Waals surface area contributed by atoms with Gasteiger partial charge in [-0.3, -0.25) is 0 Å². The van der Waals surface area contributed by atoms with Gasteiger partial charge in [-0.1, -0.05) is 0 Å². The van der Waals surface area contributed by atoms with Gasteiger partial charge in [0.15, 0.2) is 0 Å². The van der Waals surface area contributed by atoms with Crippen molar-refractivity contribution in [1.82, 2.24) is 4.98 Å². The lowest BCUT2D eigenvalue weighted by Gasteiger charge is -2.08. The molecule has 0 spiro atoms. The highest BCUT2D eigenvalue weighted by molar-refractivity contribution is 5.91. The van der Waals surface area contributed by atoms with Crippen LogP contribution >= 0.6 is 0 Å². The van der Waals surface area contributed by atoms with Gasteiger partial charge in [0.25, 0.3) is 0 Å². The smallest absolute Gasteiger partial charge is 0.388 e. The standard InChI is InChI=1S/C9H9F2NO4/c1-14-7-5(8(13)15-2)3-4-6(12-7)16-9(10)11/h3-4,9H,1-2H3. The average molecular weight is 233 g/mol. The number of aromatic nitrogens is 1. The molecule has 1 aromatic rings. The second-order valence-electron chi connectivity index (χ2n) is 2.58. The number of alkyl halides is 2. The molecule has 0 aliphatic rings. The third kappa shape index (κ3) is 2.78. The molecule has 0 fully saturated rings. The predicted molar refractivity (Wildman–Crippen MR) is 48.8 cm³/mol. The van der Waals surface area contributed by atoms with Crippen molar-refractivity contribution in [2.45, 2.75) is 6.61 Å². The number of hydrogen-bond acceptors (Lipinski definition) is 5. The van der Waals surface area contributed by atoms with Crippen molar-refractivity contribution >= 4 is 5.97 Å². The SMILES string of the molecule is COC(=O)c1ccc(OC(F)F)nc1OC. The normalized spacial score (nSPS) is 10.1. The lowest BCUT2D eigenvalue weighted by atomic mass is 10.3. The van der Waals surface area contributed by atoms with Gasteiger partial charge in [0.05, 0.1) is 14.2 Å². The first-order valence-corrected chi connectivity index (χ1v) is 4.16. The first-order chi connectivity index (χ1) is 7.58. The number of pyridine rings is 1. The summed E-state index contributed by atoms with van der Waals surface area (Å²) in [6.07, 6.45) is 0. The van der Waals surface area contributed by atoms with Gasteiger partial charge in [0.2, 0.25) is 11.8 Å². The Morgan fingerprint density at radius 3 is 2.56 bits per heavy atom. The summed E-state index contributed by atoms with van der Waals surface area (Å²) in [6, 6.07) is 2.36. The maximum atomic E-state index is 11.9. The highest BCUT2D eigenvalue weighted by atomic mass is 19.3. The zero-order chi connectivity index (χ0) is 12.1. The summed E-state index contributed by atoms with van der Waals surface area (Å²) in [5, 5.41) is 0. The molecular weight excluding hydrogens is 224 g/mol. The molecule has 0 amide bonds. The van der Waals surface area contributed by atoms with Crippen LogP contribution in [0.4, 0.5) is 8.78 Å². The van der Waals surface area contributed by atoms with Crippen molar-refractivity contribution in [2.75, 3.05) is 14.2 Å².